The molecule has 0 amide bonds. The van der Waals surface area contributed by atoms with Gasteiger partial charge in [-0.15, -0.1) is 0 Å². The van der Waals surface area contributed by atoms with Crippen LogP contribution in [0.3, 0.4) is 0 Å². The Balaban J connectivity index is 2.88. The van der Waals surface area contributed by atoms with E-state index in [9.17, 15) is 19.2 Å². The molecule has 1 aliphatic carbocycles. The molecule has 0 N–H and O–H groups in total. The van der Waals surface area contributed by atoms with Gasteiger partial charge in [0.1, 0.15) is 12.2 Å². The Morgan fingerprint density at radius 1 is 0.783 bits per heavy atom. The van der Waals surface area contributed by atoms with Gasteiger partial charge < -0.3 is 18.9 Å². The molecule has 1 aliphatic rings. The molecule has 1 rings (SSSR count). The minimum Gasteiger partial charge on any atom is -0.466 e. The number of ether oxygens (including phenoxy) is 4. The summed E-state index contributed by atoms with van der Waals surface area (Å²) in [7, 11) is 0. The molecule has 0 aromatic carbocycles. The van der Waals surface area contributed by atoms with Gasteiger partial charge in [-0.05, 0) is 12.8 Å². The summed E-state index contributed by atoms with van der Waals surface area (Å²) in [6.07, 6.45) is -1.59. The largest absolute Gasteiger partial charge is 0.466 e. The summed E-state index contributed by atoms with van der Waals surface area (Å²) >= 11 is 0. The molecule has 1 saturated carbocycles. The highest BCUT2D eigenvalue weighted by molar-refractivity contribution is 5.68. The van der Waals surface area contributed by atoms with Gasteiger partial charge in [0.05, 0.1) is 6.61 Å². The molecule has 130 valence electrons. The van der Waals surface area contributed by atoms with Crippen LogP contribution < -0.4 is 0 Å². The SMILES string of the molecule is CC(=O)OCC[C@H]1C[C@@H](OC(C)=O)[C@H](OC(C)=O)[C@H]1OC(C)=O. The molecule has 0 aromatic rings. The highest BCUT2D eigenvalue weighted by atomic mass is 16.6. The molecule has 0 radical (unpaired) electrons. The molecule has 0 aliphatic heterocycles. The summed E-state index contributed by atoms with van der Waals surface area (Å²) < 4.78 is 20.5. The van der Waals surface area contributed by atoms with E-state index in [0.717, 1.165) is 0 Å². The maximum atomic E-state index is 11.3. The molecule has 0 bridgehead atoms. The van der Waals surface area contributed by atoms with Crippen LogP contribution in [0.25, 0.3) is 0 Å². The molecule has 0 spiro atoms. The molecule has 8 nitrogen and oxygen atoms in total. The zero-order chi connectivity index (χ0) is 17.6. The van der Waals surface area contributed by atoms with Crippen molar-refractivity contribution in [2.45, 2.75) is 58.8 Å². The van der Waals surface area contributed by atoms with Crippen molar-refractivity contribution in [3.8, 4) is 0 Å². The third-order valence-corrected chi connectivity index (χ3v) is 3.41. The number of carbonyl (C=O) groups excluding carboxylic acids is 4. The minimum absolute atomic E-state index is 0.136. The van der Waals surface area contributed by atoms with E-state index in [-0.39, 0.29) is 12.5 Å². The lowest BCUT2D eigenvalue weighted by Gasteiger charge is -2.25. The van der Waals surface area contributed by atoms with Gasteiger partial charge >= 0.3 is 23.9 Å². The molecule has 0 heterocycles. The summed E-state index contributed by atoms with van der Waals surface area (Å²) in [4.78, 5) is 44.7. The zero-order valence-electron chi connectivity index (χ0n) is 13.7. The number of hydrogen-bond acceptors (Lipinski definition) is 8. The fraction of sp³-hybridized carbons (Fsp3) is 0.733. The van der Waals surface area contributed by atoms with Crippen LogP contribution >= 0.6 is 0 Å². The molecule has 8 heteroatoms. The first kappa shape index (κ1) is 18.9. The van der Waals surface area contributed by atoms with Gasteiger partial charge in [-0.25, -0.2) is 0 Å². The van der Waals surface area contributed by atoms with E-state index >= 15 is 0 Å². The number of rotatable bonds is 6. The van der Waals surface area contributed by atoms with Gasteiger partial charge in [0, 0.05) is 33.6 Å². The van der Waals surface area contributed by atoms with E-state index < -0.39 is 42.2 Å². The highest BCUT2D eigenvalue weighted by Gasteiger charge is 2.49. The predicted octanol–water partition coefficient (Wildman–Crippen LogP) is 0.755. The number of hydrogen-bond donors (Lipinski definition) is 0. The van der Waals surface area contributed by atoms with Gasteiger partial charge in [-0.2, -0.15) is 0 Å². The lowest BCUT2D eigenvalue weighted by atomic mass is 10.0. The van der Waals surface area contributed by atoms with E-state index in [1.807, 2.05) is 0 Å². The van der Waals surface area contributed by atoms with Crippen LogP contribution in [-0.2, 0) is 38.1 Å². The monoisotopic (exact) mass is 330 g/mol. The standard InChI is InChI=1S/C15H22O8/c1-8(16)20-6-5-12-7-13(21-9(2)17)15(23-11(4)19)14(12)22-10(3)18/h12-15H,5-7H2,1-4H3/t12-,13+,14-,15-/m0/s1. The molecule has 0 unspecified atom stereocenters. The van der Waals surface area contributed by atoms with Gasteiger partial charge in [-0.3, -0.25) is 19.2 Å². The van der Waals surface area contributed by atoms with Crippen molar-refractivity contribution < 1.29 is 38.1 Å². The number of carbonyl (C=O) groups is 4. The van der Waals surface area contributed by atoms with Crippen LogP contribution in [0.1, 0.15) is 40.5 Å². The second kappa shape index (κ2) is 8.50. The Labute approximate surface area is 134 Å². The normalized spacial score (nSPS) is 26.3. The van der Waals surface area contributed by atoms with Crippen molar-refractivity contribution in [3.63, 3.8) is 0 Å². The molecule has 0 aromatic heterocycles. The van der Waals surface area contributed by atoms with Crippen LogP contribution in [0.5, 0.6) is 0 Å². The molecular weight excluding hydrogens is 308 g/mol. The van der Waals surface area contributed by atoms with Crippen molar-refractivity contribution in [1.82, 2.24) is 0 Å². The van der Waals surface area contributed by atoms with Crippen LogP contribution in [0, 0.1) is 5.92 Å². The van der Waals surface area contributed by atoms with Crippen molar-refractivity contribution in [1.29, 1.82) is 0 Å². The third-order valence-electron chi connectivity index (χ3n) is 3.41. The lowest BCUT2D eigenvalue weighted by Crippen LogP contribution is -2.40. The quantitative estimate of drug-likeness (QED) is 0.519. The van der Waals surface area contributed by atoms with Gasteiger partial charge in [0.15, 0.2) is 6.10 Å². The van der Waals surface area contributed by atoms with Gasteiger partial charge in [0.25, 0.3) is 0 Å². The predicted molar refractivity (Wildman–Crippen MR) is 76.0 cm³/mol. The van der Waals surface area contributed by atoms with Crippen molar-refractivity contribution in [2.24, 2.45) is 5.92 Å². The summed E-state index contributed by atoms with van der Waals surface area (Å²) in [5.74, 6) is -2.29. The summed E-state index contributed by atoms with van der Waals surface area (Å²) in [5, 5.41) is 0. The van der Waals surface area contributed by atoms with Gasteiger partial charge in [-0.1, -0.05) is 0 Å². The Morgan fingerprint density at radius 3 is 1.78 bits per heavy atom. The topological polar surface area (TPSA) is 105 Å². The van der Waals surface area contributed by atoms with E-state index in [1.165, 1.54) is 27.7 Å². The lowest BCUT2D eigenvalue weighted by molar-refractivity contribution is -0.175. The Kier molecular flexibility index (Phi) is 6.99. The van der Waals surface area contributed by atoms with Crippen molar-refractivity contribution >= 4 is 23.9 Å². The van der Waals surface area contributed by atoms with E-state index in [2.05, 4.69) is 0 Å². The Morgan fingerprint density at radius 2 is 1.30 bits per heavy atom. The first-order chi connectivity index (χ1) is 10.7. The Bertz CT molecular complexity index is 472. The summed E-state index contributed by atoms with van der Waals surface area (Å²) in [6, 6.07) is 0. The smallest absolute Gasteiger partial charge is 0.303 e. The van der Waals surface area contributed by atoms with Crippen LogP contribution in [0.2, 0.25) is 0 Å². The van der Waals surface area contributed by atoms with Gasteiger partial charge in [0.2, 0.25) is 0 Å². The fourth-order valence-electron chi connectivity index (χ4n) is 2.70. The Hall–Kier alpha value is -2.12. The van der Waals surface area contributed by atoms with Crippen LogP contribution in [0.4, 0.5) is 0 Å². The van der Waals surface area contributed by atoms with Crippen molar-refractivity contribution in [3.05, 3.63) is 0 Å². The van der Waals surface area contributed by atoms with Crippen molar-refractivity contribution in [2.75, 3.05) is 6.61 Å². The first-order valence-corrected chi connectivity index (χ1v) is 7.35. The zero-order valence-corrected chi connectivity index (χ0v) is 13.7. The van der Waals surface area contributed by atoms with Crippen LogP contribution in [0.15, 0.2) is 0 Å². The second-order valence-corrected chi connectivity index (χ2v) is 5.42. The maximum absolute atomic E-state index is 11.3. The second-order valence-electron chi connectivity index (χ2n) is 5.42. The van der Waals surface area contributed by atoms with E-state index in [0.29, 0.717) is 12.8 Å². The molecule has 1 fully saturated rings. The van der Waals surface area contributed by atoms with Crippen LogP contribution in [-0.4, -0.2) is 48.8 Å². The highest BCUT2D eigenvalue weighted by Crippen LogP contribution is 2.36. The molecule has 23 heavy (non-hydrogen) atoms. The average molecular weight is 330 g/mol. The number of esters is 4. The van der Waals surface area contributed by atoms with E-state index in [4.69, 9.17) is 18.9 Å². The molecule has 0 saturated heterocycles. The summed E-state index contributed by atoms with van der Waals surface area (Å²) in [6.45, 7) is 5.14. The van der Waals surface area contributed by atoms with E-state index in [1.54, 1.807) is 0 Å². The molecule has 4 atom stereocenters. The fourth-order valence-corrected chi connectivity index (χ4v) is 2.70. The average Bonchev–Trinajstić information content (AvgIpc) is 2.66. The summed E-state index contributed by atoms with van der Waals surface area (Å²) in [5.41, 5.74) is 0. The molecular formula is C15H22O8. The first-order valence-electron chi connectivity index (χ1n) is 7.35. The minimum atomic E-state index is -0.873. The third kappa shape index (κ3) is 6.25. The maximum Gasteiger partial charge on any atom is 0.303 e.